The van der Waals surface area contributed by atoms with Crippen molar-refractivity contribution >= 4 is 23.6 Å². The molecule has 3 fully saturated rings. The van der Waals surface area contributed by atoms with Crippen LogP contribution in [0.5, 0.6) is 0 Å². The van der Waals surface area contributed by atoms with E-state index in [1.165, 1.54) is 0 Å². The van der Waals surface area contributed by atoms with E-state index in [4.69, 9.17) is 0 Å². The minimum absolute atomic E-state index is 0.0262. The average Bonchev–Trinajstić information content (AvgIpc) is 3.01. The van der Waals surface area contributed by atoms with Crippen molar-refractivity contribution in [3.05, 3.63) is 0 Å². The molecule has 2 N–H and O–H groups in total. The Labute approximate surface area is 147 Å². The smallest absolute Gasteiger partial charge is 0.239 e. The molecule has 25 heavy (non-hydrogen) atoms. The molecule has 4 atom stereocenters. The molecular weight excluding hydrogens is 324 g/mol. The van der Waals surface area contributed by atoms with Gasteiger partial charge in [0.15, 0.2) is 0 Å². The number of hydrogen-bond acceptors (Lipinski definition) is 4. The lowest BCUT2D eigenvalue weighted by molar-refractivity contribution is -0.144. The van der Waals surface area contributed by atoms with Crippen molar-refractivity contribution in [1.29, 1.82) is 0 Å². The van der Waals surface area contributed by atoms with E-state index in [1.54, 1.807) is 9.80 Å². The van der Waals surface area contributed by atoms with Crippen molar-refractivity contribution in [3.8, 4) is 0 Å². The standard InChI is InChI=1S/C17H26N4O4/c1-10-6-20(8-14(22)18-10)16(24)12-3-4-13(5-12)17(25)21-7-11(2)19-15(23)9-21/h10-13H,3-9H2,1-2H3,(H,18,22)(H,19,23)/t10?,11?,12-,13+. The molecule has 1 aliphatic carbocycles. The average molecular weight is 350 g/mol. The van der Waals surface area contributed by atoms with Crippen LogP contribution in [0.2, 0.25) is 0 Å². The molecule has 8 nitrogen and oxygen atoms in total. The number of piperazine rings is 2. The van der Waals surface area contributed by atoms with Crippen LogP contribution in [0.4, 0.5) is 0 Å². The van der Waals surface area contributed by atoms with Crippen molar-refractivity contribution in [2.45, 2.75) is 45.2 Å². The Morgan fingerprint density at radius 1 is 0.840 bits per heavy atom. The van der Waals surface area contributed by atoms with Gasteiger partial charge in [-0.05, 0) is 33.1 Å². The number of hydrogen-bond donors (Lipinski definition) is 2. The second-order valence-electron chi connectivity index (χ2n) is 7.58. The van der Waals surface area contributed by atoms with E-state index in [1.807, 2.05) is 13.8 Å². The van der Waals surface area contributed by atoms with Crippen LogP contribution in [0, 0.1) is 11.8 Å². The Hall–Kier alpha value is -2.12. The zero-order valence-corrected chi connectivity index (χ0v) is 14.8. The van der Waals surface area contributed by atoms with Crippen LogP contribution in [0.15, 0.2) is 0 Å². The summed E-state index contributed by atoms with van der Waals surface area (Å²) in [5, 5.41) is 5.60. The van der Waals surface area contributed by atoms with Crippen LogP contribution in [0.1, 0.15) is 33.1 Å². The van der Waals surface area contributed by atoms with E-state index in [-0.39, 0.29) is 60.6 Å². The molecule has 138 valence electrons. The zero-order chi connectivity index (χ0) is 18.1. The molecule has 0 aromatic carbocycles. The Kier molecular flexibility index (Phi) is 4.96. The molecule has 0 aromatic rings. The van der Waals surface area contributed by atoms with E-state index in [0.29, 0.717) is 32.4 Å². The van der Waals surface area contributed by atoms with Gasteiger partial charge in [0.1, 0.15) is 0 Å². The third-order valence-corrected chi connectivity index (χ3v) is 5.23. The van der Waals surface area contributed by atoms with Crippen LogP contribution in [-0.2, 0) is 19.2 Å². The van der Waals surface area contributed by atoms with Crippen LogP contribution < -0.4 is 10.6 Å². The van der Waals surface area contributed by atoms with Gasteiger partial charge in [0.25, 0.3) is 0 Å². The number of carbonyl (C=O) groups excluding carboxylic acids is 4. The van der Waals surface area contributed by atoms with Crippen LogP contribution in [0.25, 0.3) is 0 Å². The SMILES string of the molecule is CC1CN(C(=O)[C@@H]2CC[C@H](C(=O)N3CC(=O)NC(C)C3)C2)CC(=O)N1. The third kappa shape index (κ3) is 3.93. The lowest BCUT2D eigenvalue weighted by Crippen LogP contribution is -2.56. The minimum atomic E-state index is -0.205. The summed E-state index contributed by atoms with van der Waals surface area (Å²) in [6, 6.07) is -0.0882. The summed E-state index contributed by atoms with van der Waals surface area (Å²) in [6.45, 7) is 4.99. The molecule has 4 amide bonds. The first-order valence-electron chi connectivity index (χ1n) is 8.99. The highest BCUT2D eigenvalue weighted by Gasteiger charge is 2.40. The second-order valence-corrected chi connectivity index (χ2v) is 7.58. The Morgan fingerprint density at radius 2 is 1.24 bits per heavy atom. The second kappa shape index (κ2) is 7.01. The van der Waals surface area contributed by atoms with Gasteiger partial charge in [-0.1, -0.05) is 0 Å². The van der Waals surface area contributed by atoms with Crippen molar-refractivity contribution in [3.63, 3.8) is 0 Å². The number of nitrogens with one attached hydrogen (secondary N) is 2. The first-order chi connectivity index (χ1) is 11.8. The normalized spacial score (nSPS) is 33.0. The molecule has 0 radical (unpaired) electrons. The van der Waals surface area contributed by atoms with Gasteiger partial charge in [-0.3, -0.25) is 19.2 Å². The maximum atomic E-state index is 12.7. The zero-order valence-electron chi connectivity index (χ0n) is 14.8. The molecule has 1 saturated carbocycles. The number of amides is 4. The van der Waals surface area contributed by atoms with Crippen molar-refractivity contribution in [2.75, 3.05) is 26.2 Å². The first-order valence-corrected chi connectivity index (χ1v) is 8.99. The van der Waals surface area contributed by atoms with E-state index in [9.17, 15) is 19.2 Å². The summed E-state index contributed by atoms with van der Waals surface area (Å²) < 4.78 is 0. The Balaban J connectivity index is 1.57. The molecule has 2 saturated heterocycles. The maximum Gasteiger partial charge on any atom is 0.239 e. The summed E-state index contributed by atoms with van der Waals surface area (Å²) in [6.07, 6.45) is 1.84. The van der Waals surface area contributed by atoms with E-state index in [0.717, 1.165) is 0 Å². The molecule has 2 heterocycles. The van der Waals surface area contributed by atoms with Crippen molar-refractivity contribution in [2.24, 2.45) is 11.8 Å². The van der Waals surface area contributed by atoms with Gasteiger partial charge in [-0.15, -0.1) is 0 Å². The molecule has 3 rings (SSSR count). The van der Waals surface area contributed by atoms with Gasteiger partial charge in [-0.25, -0.2) is 0 Å². The predicted molar refractivity (Wildman–Crippen MR) is 89.2 cm³/mol. The Morgan fingerprint density at radius 3 is 1.60 bits per heavy atom. The number of carbonyl (C=O) groups is 4. The summed E-state index contributed by atoms with van der Waals surface area (Å²) >= 11 is 0. The number of rotatable bonds is 2. The minimum Gasteiger partial charge on any atom is -0.350 e. The van der Waals surface area contributed by atoms with Crippen LogP contribution in [-0.4, -0.2) is 71.7 Å². The Bertz CT molecular complexity index is 543. The quantitative estimate of drug-likeness (QED) is 0.674. The fourth-order valence-corrected chi connectivity index (χ4v) is 4.15. The fourth-order valence-electron chi connectivity index (χ4n) is 4.15. The maximum absolute atomic E-state index is 12.7. The van der Waals surface area contributed by atoms with Gasteiger partial charge < -0.3 is 20.4 Å². The van der Waals surface area contributed by atoms with E-state index in [2.05, 4.69) is 10.6 Å². The molecule has 0 aromatic heterocycles. The number of nitrogens with zero attached hydrogens (tertiary/aromatic N) is 2. The van der Waals surface area contributed by atoms with Gasteiger partial charge in [0.2, 0.25) is 23.6 Å². The molecule has 0 bridgehead atoms. The van der Waals surface area contributed by atoms with Gasteiger partial charge in [0.05, 0.1) is 13.1 Å². The predicted octanol–water partition coefficient (Wildman–Crippen LogP) is -0.903. The first kappa shape index (κ1) is 17.7. The van der Waals surface area contributed by atoms with E-state index >= 15 is 0 Å². The van der Waals surface area contributed by atoms with Gasteiger partial charge >= 0.3 is 0 Å². The van der Waals surface area contributed by atoms with E-state index < -0.39 is 0 Å². The largest absolute Gasteiger partial charge is 0.350 e. The van der Waals surface area contributed by atoms with Crippen LogP contribution in [0.3, 0.4) is 0 Å². The summed E-state index contributed by atoms with van der Waals surface area (Å²) in [4.78, 5) is 51.9. The van der Waals surface area contributed by atoms with Crippen molar-refractivity contribution in [1.82, 2.24) is 20.4 Å². The summed E-state index contributed by atoms with van der Waals surface area (Å²) in [5.74, 6) is -0.730. The van der Waals surface area contributed by atoms with Gasteiger partial charge in [-0.2, -0.15) is 0 Å². The lowest BCUT2D eigenvalue weighted by atomic mass is 10.0. The van der Waals surface area contributed by atoms with Crippen molar-refractivity contribution < 1.29 is 19.2 Å². The third-order valence-electron chi connectivity index (χ3n) is 5.23. The molecule has 0 spiro atoms. The molecule has 8 heteroatoms. The monoisotopic (exact) mass is 350 g/mol. The lowest BCUT2D eigenvalue weighted by Gasteiger charge is -2.33. The highest BCUT2D eigenvalue weighted by Crippen LogP contribution is 2.34. The molecule has 3 aliphatic rings. The highest BCUT2D eigenvalue weighted by atomic mass is 16.2. The highest BCUT2D eigenvalue weighted by molar-refractivity contribution is 5.90. The molecule has 2 aliphatic heterocycles. The molecule has 2 unspecified atom stereocenters. The molecular formula is C17H26N4O4. The van der Waals surface area contributed by atoms with Crippen LogP contribution >= 0.6 is 0 Å². The fraction of sp³-hybridized carbons (Fsp3) is 0.765. The summed E-state index contributed by atoms with van der Waals surface area (Å²) in [5.41, 5.74) is 0. The van der Waals surface area contributed by atoms with Gasteiger partial charge in [0, 0.05) is 37.0 Å². The topological polar surface area (TPSA) is 98.8 Å². The summed E-state index contributed by atoms with van der Waals surface area (Å²) in [7, 11) is 0.